The van der Waals surface area contributed by atoms with Gasteiger partial charge in [0.15, 0.2) is 0 Å². The van der Waals surface area contributed by atoms with Crippen LogP contribution in [0.25, 0.3) is 0 Å². The second-order valence-corrected chi connectivity index (χ2v) is 5.97. The number of sulfonamides is 1. The Morgan fingerprint density at radius 1 is 1.11 bits per heavy atom. The van der Waals surface area contributed by atoms with Gasteiger partial charge in [0.1, 0.15) is 0 Å². The largest absolute Gasteiger partial charge is 0.280 e. The van der Waals surface area contributed by atoms with Gasteiger partial charge in [-0.2, -0.15) is 0 Å². The Morgan fingerprint density at radius 2 is 1.89 bits per heavy atom. The van der Waals surface area contributed by atoms with E-state index in [2.05, 4.69) is 10.8 Å². The first kappa shape index (κ1) is 13.2. The van der Waals surface area contributed by atoms with Crippen LogP contribution in [0.2, 0.25) is 10.0 Å². The predicted octanol–water partition coefficient (Wildman–Crippen LogP) is 3.59. The number of anilines is 1. The molecule has 93 valence electrons. The predicted molar refractivity (Wildman–Crippen MR) is 72.5 cm³/mol. The van der Waals surface area contributed by atoms with Crippen LogP contribution in [0.4, 0.5) is 5.69 Å². The molecule has 1 N–H and O–H groups in total. The minimum absolute atomic E-state index is 0.0563. The van der Waals surface area contributed by atoms with Gasteiger partial charge in [-0.05, 0) is 36.4 Å². The molecule has 1 radical (unpaired) electrons. The van der Waals surface area contributed by atoms with Crippen molar-refractivity contribution < 1.29 is 8.42 Å². The lowest BCUT2D eigenvalue weighted by atomic mass is 10.3. The molecule has 0 aliphatic carbocycles. The Morgan fingerprint density at radius 3 is 2.50 bits per heavy atom. The van der Waals surface area contributed by atoms with Crippen molar-refractivity contribution in [2.75, 3.05) is 4.72 Å². The summed E-state index contributed by atoms with van der Waals surface area (Å²) < 4.78 is 26.5. The van der Waals surface area contributed by atoms with Gasteiger partial charge in [0.25, 0.3) is 10.0 Å². The number of benzene rings is 2. The molecule has 3 nitrogen and oxygen atoms in total. The first-order valence-electron chi connectivity index (χ1n) is 4.93. The van der Waals surface area contributed by atoms with Crippen molar-refractivity contribution in [3.05, 3.63) is 58.6 Å². The topological polar surface area (TPSA) is 46.2 Å². The van der Waals surface area contributed by atoms with Crippen LogP contribution >= 0.6 is 23.2 Å². The third kappa shape index (κ3) is 2.96. The summed E-state index contributed by atoms with van der Waals surface area (Å²) in [7, 11) is -3.67. The zero-order chi connectivity index (χ0) is 13.2. The van der Waals surface area contributed by atoms with E-state index in [9.17, 15) is 8.42 Å². The maximum Gasteiger partial charge on any atom is 0.261 e. The third-order valence-corrected chi connectivity index (χ3v) is 4.28. The van der Waals surface area contributed by atoms with Crippen LogP contribution in [0.3, 0.4) is 0 Å². The molecule has 18 heavy (non-hydrogen) atoms. The van der Waals surface area contributed by atoms with Crippen LogP contribution < -0.4 is 4.72 Å². The van der Waals surface area contributed by atoms with Crippen molar-refractivity contribution in [1.82, 2.24) is 0 Å². The summed E-state index contributed by atoms with van der Waals surface area (Å²) in [5, 5.41) is 0.503. The molecule has 0 aromatic heterocycles. The van der Waals surface area contributed by atoms with Gasteiger partial charge in [0.2, 0.25) is 0 Å². The van der Waals surface area contributed by atoms with E-state index in [1.54, 1.807) is 18.2 Å². The summed E-state index contributed by atoms with van der Waals surface area (Å²) in [5.41, 5.74) is 0.434. The van der Waals surface area contributed by atoms with E-state index >= 15 is 0 Å². The van der Waals surface area contributed by atoms with Gasteiger partial charge in [-0.15, -0.1) is 0 Å². The quantitative estimate of drug-likeness (QED) is 0.941. The molecule has 0 aliphatic heterocycles. The summed E-state index contributed by atoms with van der Waals surface area (Å²) in [5.74, 6) is 0. The third-order valence-electron chi connectivity index (χ3n) is 2.16. The average molecular weight is 301 g/mol. The first-order chi connectivity index (χ1) is 8.49. The second kappa shape index (κ2) is 5.18. The summed E-state index contributed by atoms with van der Waals surface area (Å²) in [6.07, 6.45) is 0. The smallest absolute Gasteiger partial charge is 0.261 e. The Kier molecular flexibility index (Phi) is 3.80. The minimum Gasteiger partial charge on any atom is -0.280 e. The van der Waals surface area contributed by atoms with Crippen molar-refractivity contribution in [3.63, 3.8) is 0 Å². The number of halogens is 2. The Hall–Kier alpha value is -1.23. The van der Waals surface area contributed by atoms with Crippen molar-refractivity contribution in [2.45, 2.75) is 4.90 Å². The van der Waals surface area contributed by atoms with Gasteiger partial charge in [-0.25, -0.2) is 8.42 Å². The van der Waals surface area contributed by atoms with Gasteiger partial charge in [-0.3, -0.25) is 4.72 Å². The lowest BCUT2D eigenvalue weighted by Crippen LogP contribution is -2.12. The molecular weight excluding hydrogens is 293 g/mol. The van der Waals surface area contributed by atoms with Gasteiger partial charge in [0.05, 0.1) is 14.9 Å². The molecule has 2 aromatic rings. The fraction of sp³-hybridized carbons (Fsp3) is 0. The van der Waals surface area contributed by atoms with Crippen LogP contribution in [0.5, 0.6) is 0 Å². The highest BCUT2D eigenvalue weighted by Crippen LogP contribution is 2.25. The van der Waals surface area contributed by atoms with Crippen LogP contribution in [0.15, 0.2) is 47.4 Å². The summed E-state index contributed by atoms with van der Waals surface area (Å²) in [6, 6.07) is 13.5. The van der Waals surface area contributed by atoms with Crippen molar-refractivity contribution >= 4 is 38.9 Å². The molecule has 0 bridgehead atoms. The number of rotatable bonds is 3. The van der Waals surface area contributed by atoms with Crippen molar-refractivity contribution in [2.24, 2.45) is 0 Å². The number of hydrogen-bond acceptors (Lipinski definition) is 2. The highest BCUT2D eigenvalue weighted by Gasteiger charge is 2.15. The van der Waals surface area contributed by atoms with Gasteiger partial charge in [0, 0.05) is 5.69 Å². The molecule has 0 fully saturated rings. The molecule has 6 heteroatoms. The van der Waals surface area contributed by atoms with E-state index in [-0.39, 0.29) is 9.92 Å². The molecule has 0 spiro atoms. The molecule has 0 atom stereocenters. The van der Waals surface area contributed by atoms with E-state index in [0.29, 0.717) is 10.7 Å². The van der Waals surface area contributed by atoms with E-state index < -0.39 is 10.0 Å². The van der Waals surface area contributed by atoms with Gasteiger partial charge >= 0.3 is 0 Å². The molecule has 0 amide bonds. The maximum atomic E-state index is 12.0. The van der Waals surface area contributed by atoms with Crippen LogP contribution in [-0.4, -0.2) is 8.42 Å². The lowest BCUT2D eigenvalue weighted by molar-refractivity contribution is 0.601. The van der Waals surface area contributed by atoms with E-state index in [1.165, 1.54) is 24.3 Å². The highest BCUT2D eigenvalue weighted by molar-refractivity contribution is 7.92. The number of nitrogens with one attached hydrogen (secondary N) is 1. The zero-order valence-corrected chi connectivity index (χ0v) is 11.4. The average Bonchev–Trinajstić information content (AvgIpc) is 2.33. The van der Waals surface area contributed by atoms with Crippen LogP contribution in [0, 0.1) is 6.07 Å². The Balaban J connectivity index is 2.34. The summed E-state index contributed by atoms with van der Waals surface area (Å²) >= 11 is 11.5. The first-order valence-corrected chi connectivity index (χ1v) is 7.17. The molecule has 2 rings (SSSR count). The fourth-order valence-electron chi connectivity index (χ4n) is 1.31. The molecule has 0 heterocycles. The Bertz CT molecular complexity index is 657. The summed E-state index contributed by atoms with van der Waals surface area (Å²) in [6.45, 7) is 0. The van der Waals surface area contributed by atoms with Crippen molar-refractivity contribution in [1.29, 1.82) is 0 Å². The zero-order valence-electron chi connectivity index (χ0n) is 9.02. The number of hydrogen-bond donors (Lipinski definition) is 1. The van der Waals surface area contributed by atoms with E-state index in [4.69, 9.17) is 23.2 Å². The van der Waals surface area contributed by atoms with Gasteiger partial charge in [-0.1, -0.05) is 35.3 Å². The van der Waals surface area contributed by atoms with Crippen LogP contribution in [-0.2, 0) is 10.0 Å². The van der Waals surface area contributed by atoms with E-state index in [0.717, 1.165) is 0 Å². The standard InChI is InChI=1S/C12H8Cl2NO2S/c13-11-7-6-10(8-12(11)14)18(16,17)15-9-4-2-1-3-5-9/h1-2,4-8,15H. The molecule has 0 unspecified atom stereocenters. The highest BCUT2D eigenvalue weighted by atomic mass is 35.5. The molecule has 0 aliphatic rings. The van der Waals surface area contributed by atoms with Crippen molar-refractivity contribution in [3.8, 4) is 0 Å². The SMILES string of the molecule is O=S(=O)(Nc1c[c]ccc1)c1ccc(Cl)c(Cl)c1. The monoisotopic (exact) mass is 300 g/mol. The van der Waals surface area contributed by atoms with E-state index in [1.807, 2.05) is 0 Å². The normalized spacial score (nSPS) is 11.2. The Labute approximate surface area is 115 Å². The fourth-order valence-corrected chi connectivity index (χ4v) is 2.75. The second-order valence-electron chi connectivity index (χ2n) is 3.47. The maximum absolute atomic E-state index is 12.0. The molecule has 0 saturated carbocycles. The molecular formula is C12H8Cl2NO2S. The minimum atomic E-state index is -3.67. The van der Waals surface area contributed by atoms with Gasteiger partial charge < -0.3 is 0 Å². The molecule has 2 aromatic carbocycles. The van der Waals surface area contributed by atoms with Crippen LogP contribution in [0.1, 0.15) is 0 Å². The molecule has 0 saturated heterocycles. The summed E-state index contributed by atoms with van der Waals surface area (Å²) in [4.78, 5) is 0.0563. The lowest BCUT2D eigenvalue weighted by Gasteiger charge is -2.08.